The van der Waals surface area contributed by atoms with Crippen LogP contribution in [0.1, 0.15) is 12.5 Å². The van der Waals surface area contributed by atoms with Crippen LogP contribution in [0.5, 0.6) is 11.5 Å². The van der Waals surface area contributed by atoms with Crippen molar-refractivity contribution in [3.05, 3.63) is 58.7 Å². The van der Waals surface area contributed by atoms with Crippen LogP contribution in [0.25, 0.3) is 6.08 Å². The second-order valence-corrected chi connectivity index (χ2v) is 5.70. The standard InChI is InChI=1S/C18H15ClN2O4/c1-2-25-16-8-3-11(10-15(16)22)9-14-17(23)21(18(24)20-14)13-6-4-12(19)5-7-13/h3-10,22H,2H2,1H3,(H,20,24)/b14-9-. The maximum absolute atomic E-state index is 12.5. The molecular formula is C18H15ClN2O4. The van der Waals surface area contributed by atoms with Gasteiger partial charge in [0, 0.05) is 5.02 Å². The molecule has 0 aromatic heterocycles. The number of carbonyl (C=O) groups is 2. The van der Waals surface area contributed by atoms with Gasteiger partial charge in [-0.3, -0.25) is 4.79 Å². The van der Waals surface area contributed by atoms with Crippen molar-refractivity contribution in [1.29, 1.82) is 0 Å². The first-order valence-corrected chi connectivity index (χ1v) is 7.96. The number of hydrogen-bond donors (Lipinski definition) is 2. The van der Waals surface area contributed by atoms with Gasteiger partial charge < -0.3 is 15.2 Å². The van der Waals surface area contributed by atoms with Crippen LogP contribution in [0.3, 0.4) is 0 Å². The zero-order chi connectivity index (χ0) is 18.0. The van der Waals surface area contributed by atoms with Gasteiger partial charge in [-0.15, -0.1) is 0 Å². The minimum Gasteiger partial charge on any atom is -0.504 e. The van der Waals surface area contributed by atoms with Crippen LogP contribution in [0, 0.1) is 0 Å². The number of rotatable bonds is 4. The smallest absolute Gasteiger partial charge is 0.333 e. The molecule has 2 aromatic carbocycles. The van der Waals surface area contributed by atoms with Crippen molar-refractivity contribution < 1.29 is 19.4 Å². The van der Waals surface area contributed by atoms with Crippen molar-refractivity contribution in [2.45, 2.75) is 6.92 Å². The largest absolute Gasteiger partial charge is 0.504 e. The van der Waals surface area contributed by atoms with E-state index in [0.717, 1.165) is 4.90 Å². The normalized spacial score (nSPS) is 15.6. The van der Waals surface area contributed by atoms with Crippen molar-refractivity contribution in [2.24, 2.45) is 0 Å². The highest BCUT2D eigenvalue weighted by molar-refractivity contribution is 6.31. The summed E-state index contributed by atoms with van der Waals surface area (Å²) in [5.41, 5.74) is 1.09. The zero-order valence-corrected chi connectivity index (χ0v) is 14.1. The van der Waals surface area contributed by atoms with E-state index in [1.165, 1.54) is 12.1 Å². The molecule has 1 heterocycles. The molecule has 128 valence electrons. The molecule has 1 aliphatic heterocycles. The number of halogens is 1. The van der Waals surface area contributed by atoms with Crippen LogP contribution < -0.4 is 15.0 Å². The van der Waals surface area contributed by atoms with Gasteiger partial charge in [0.15, 0.2) is 11.5 Å². The molecule has 2 aromatic rings. The third-order valence-electron chi connectivity index (χ3n) is 3.56. The fraction of sp³-hybridized carbons (Fsp3) is 0.111. The molecule has 0 bridgehead atoms. The topological polar surface area (TPSA) is 78.9 Å². The molecule has 0 unspecified atom stereocenters. The summed E-state index contributed by atoms with van der Waals surface area (Å²) in [6.07, 6.45) is 1.49. The Balaban J connectivity index is 1.87. The molecule has 3 rings (SSSR count). The predicted octanol–water partition coefficient (Wildman–Crippen LogP) is 3.54. The van der Waals surface area contributed by atoms with Gasteiger partial charge in [0.05, 0.1) is 12.3 Å². The Hall–Kier alpha value is -2.99. The van der Waals surface area contributed by atoms with Crippen molar-refractivity contribution in [3.63, 3.8) is 0 Å². The number of imide groups is 1. The van der Waals surface area contributed by atoms with Crippen LogP contribution in [0.4, 0.5) is 10.5 Å². The number of benzene rings is 2. The van der Waals surface area contributed by atoms with Crippen molar-refractivity contribution in [3.8, 4) is 11.5 Å². The number of ether oxygens (including phenoxy) is 1. The molecule has 0 saturated carbocycles. The van der Waals surface area contributed by atoms with Gasteiger partial charge in [0.1, 0.15) is 5.70 Å². The maximum atomic E-state index is 12.5. The SMILES string of the molecule is CCOc1ccc(/C=C2\NC(=O)N(c3ccc(Cl)cc3)C2=O)cc1O. The minimum absolute atomic E-state index is 0.0393. The Morgan fingerprint density at radius 2 is 1.92 bits per heavy atom. The fourth-order valence-electron chi connectivity index (χ4n) is 2.43. The van der Waals surface area contributed by atoms with E-state index in [-0.39, 0.29) is 11.4 Å². The van der Waals surface area contributed by atoms with Crippen LogP contribution in [0.15, 0.2) is 48.2 Å². The summed E-state index contributed by atoms with van der Waals surface area (Å²) in [5, 5.41) is 13.0. The zero-order valence-electron chi connectivity index (χ0n) is 13.3. The van der Waals surface area contributed by atoms with Gasteiger partial charge in [-0.25, -0.2) is 9.69 Å². The number of carbonyl (C=O) groups excluding carboxylic acids is 2. The first kappa shape index (κ1) is 16.9. The molecule has 2 N–H and O–H groups in total. The average molecular weight is 359 g/mol. The van der Waals surface area contributed by atoms with E-state index in [4.69, 9.17) is 16.3 Å². The predicted molar refractivity (Wildman–Crippen MR) is 94.7 cm³/mol. The number of nitrogens with zero attached hydrogens (tertiary/aromatic N) is 1. The number of phenolic OH excluding ortho intramolecular Hbond substituents is 1. The molecule has 3 amide bonds. The average Bonchev–Trinajstić information content (AvgIpc) is 2.85. The number of aromatic hydroxyl groups is 1. The van der Waals surface area contributed by atoms with Gasteiger partial charge in [0.25, 0.3) is 5.91 Å². The van der Waals surface area contributed by atoms with E-state index in [1.807, 2.05) is 6.92 Å². The number of amides is 3. The summed E-state index contributed by atoms with van der Waals surface area (Å²) in [4.78, 5) is 25.7. The van der Waals surface area contributed by atoms with E-state index in [2.05, 4.69) is 5.32 Å². The van der Waals surface area contributed by atoms with E-state index in [0.29, 0.717) is 28.6 Å². The van der Waals surface area contributed by atoms with E-state index in [1.54, 1.807) is 36.4 Å². The molecule has 1 aliphatic rings. The summed E-state index contributed by atoms with van der Waals surface area (Å²) in [6.45, 7) is 2.24. The molecule has 1 fully saturated rings. The monoisotopic (exact) mass is 358 g/mol. The number of hydrogen-bond acceptors (Lipinski definition) is 4. The van der Waals surface area contributed by atoms with Crippen LogP contribution in [-0.2, 0) is 4.79 Å². The van der Waals surface area contributed by atoms with Crippen LogP contribution in [0.2, 0.25) is 5.02 Å². The molecule has 7 heteroatoms. The summed E-state index contributed by atoms with van der Waals surface area (Å²) >= 11 is 5.83. The van der Waals surface area contributed by atoms with Crippen LogP contribution >= 0.6 is 11.6 Å². The number of nitrogens with one attached hydrogen (secondary N) is 1. The van der Waals surface area contributed by atoms with Crippen molar-refractivity contribution in [1.82, 2.24) is 5.32 Å². The molecule has 6 nitrogen and oxygen atoms in total. The van der Waals surface area contributed by atoms with Crippen molar-refractivity contribution >= 4 is 35.3 Å². The Morgan fingerprint density at radius 1 is 1.20 bits per heavy atom. The van der Waals surface area contributed by atoms with Crippen LogP contribution in [-0.4, -0.2) is 23.7 Å². The lowest BCUT2D eigenvalue weighted by molar-refractivity contribution is -0.113. The lowest BCUT2D eigenvalue weighted by Crippen LogP contribution is -2.30. The highest BCUT2D eigenvalue weighted by Gasteiger charge is 2.34. The first-order chi connectivity index (χ1) is 12.0. The third kappa shape index (κ3) is 3.44. The highest BCUT2D eigenvalue weighted by Crippen LogP contribution is 2.29. The van der Waals surface area contributed by atoms with E-state index >= 15 is 0 Å². The van der Waals surface area contributed by atoms with E-state index in [9.17, 15) is 14.7 Å². The molecule has 0 aliphatic carbocycles. The second kappa shape index (κ2) is 6.86. The van der Waals surface area contributed by atoms with Crippen molar-refractivity contribution in [2.75, 3.05) is 11.5 Å². The molecule has 25 heavy (non-hydrogen) atoms. The molecular weight excluding hydrogens is 344 g/mol. The quantitative estimate of drug-likeness (QED) is 0.647. The van der Waals surface area contributed by atoms with Gasteiger partial charge in [-0.05, 0) is 55.0 Å². The van der Waals surface area contributed by atoms with E-state index < -0.39 is 11.9 Å². The maximum Gasteiger partial charge on any atom is 0.333 e. The number of phenols is 1. The Bertz CT molecular complexity index is 862. The lowest BCUT2D eigenvalue weighted by Gasteiger charge is -2.11. The Morgan fingerprint density at radius 3 is 2.56 bits per heavy atom. The van der Waals surface area contributed by atoms with Gasteiger partial charge in [-0.1, -0.05) is 17.7 Å². The summed E-state index contributed by atoms with van der Waals surface area (Å²) in [6, 6.07) is 10.6. The summed E-state index contributed by atoms with van der Waals surface area (Å²) in [7, 11) is 0. The number of anilines is 1. The molecule has 1 saturated heterocycles. The summed E-state index contributed by atoms with van der Waals surface area (Å²) < 4.78 is 5.26. The van der Waals surface area contributed by atoms with Gasteiger partial charge >= 0.3 is 6.03 Å². The third-order valence-corrected chi connectivity index (χ3v) is 3.81. The highest BCUT2D eigenvalue weighted by atomic mass is 35.5. The molecule has 0 spiro atoms. The Kier molecular flexibility index (Phi) is 4.63. The Labute approximate surface area is 149 Å². The minimum atomic E-state index is -0.547. The second-order valence-electron chi connectivity index (χ2n) is 5.27. The van der Waals surface area contributed by atoms with Gasteiger partial charge in [0.2, 0.25) is 0 Å². The van der Waals surface area contributed by atoms with Gasteiger partial charge in [-0.2, -0.15) is 0 Å². The fourth-order valence-corrected chi connectivity index (χ4v) is 2.55. The number of urea groups is 1. The molecule has 0 atom stereocenters. The first-order valence-electron chi connectivity index (χ1n) is 7.58. The lowest BCUT2D eigenvalue weighted by atomic mass is 10.1. The summed E-state index contributed by atoms with van der Waals surface area (Å²) in [5.74, 6) is -0.169. The molecule has 0 radical (unpaired) electrons.